The first kappa shape index (κ1) is 14.5. The summed E-state index contributed by atoms with van der Waals surface area (Å²) in [6, 6.07) is 12.2. The highest BCUT2D eigenvalue weighted by Gasteiger charge is 2.18. The molecule has 0 fully saturated rings. The van der Waals surface area contributed by atoms with E-state index >= 15 is 0 Å². The van der Waals surface area contributed by atoms with Crippen molar-refractivity contribution >= 4 is 37.6 Å². The summed E-state index contributed by atoms with van der Waals surface area (Å²) in [5.74, 6) is -1.20. The van der Waals surface area contributed by atoms with E-state index in [-0.39, 0.29) is 10.5 Å². The molecule has 0 bridgehead atoms. The molecule has 2 aromatic rings. The Kier molecular flexibility index (Phi) is 4.10. The van der Waals surface area contributed by atoms with Crippen molar-refractivity contribution in [2.24, 2.45) is 0 Å². The van der Waals surface area contributed by atoms with E-state index in [4.69, 9.17) is 5.11 Å². The fourth-order valence-electron chi connectivity index (χ4n) is 1.56. The molecule has 7 heteroatoms. The molecule has 0 saturated carbocycles. The van der Waals surface area contributed by atoms with Crippen LogP contribution in [0.3, 0.4) is 0 Å². The van der Waals surface area contributed by atoms with Crippen LogP contribution >= 0.6 is 15.9 Å². The van der Waals surface area contributed by atoms with Crippen LogP contribution in [0.15, 0.2) is 57.9 Å². The molecule has 104 valence electrons. The lowest BCUT2D eigenvalue weighted by Gasteiger charge is -2.09. The Morgan fingerprint density at radius 2 is 1.75 bits per heavy atom. The van der Waals surface area contributed by atoms with Gasteiger partial charge in [0.05, 0.1) is 10.5 Å². The van der Waals surface area contributed by atoms with E-state index in [9.17, 15) is 13.2 Å². The normalized spacial score (nSPS) is 11.1. The van der Waals surface area contributed by atoms with E-state index in [1.165, 1.54) is 12.1 Å². The monoisotopic (exact) mass is 355 g/mol. The number of anilines is 1. The highest BCUT2D eigenvalue weighted by atomic mass is 79.9. The van der Waals surface area contributed by atoms with Crippen LogP contribution in [0, 0.1) is 0 Å². The molecule has 0 heterocycles. The SMILES string of the molecule is O=C(O)c1cc(S(=O)(=O)Nc2ccccc2)ccc1Br. The summed E-state index contributed by atoms with van der Waals surface area (Å²) in [5, 5.41) is 9.00. The number of sulfonamides is 1. The van der Waals surface area contributed by atoms with Crippen LogP contribution in [-0.4, -0.2) is 19.5 Å². The summed E-state index contributed by atoms with van der Waals surface area (Å²) in [5.41, 5.74) is 0.299. The molecule has 0 saturated heterocycles. The van der Waals surface area contributed by atoms with Gasteiger partial charge in [0.25, 0.3) is 10.0 Å². The smallest absolute Gasteiger partial charge is 0.336 e. The Hall–Kier alpha value is -1.86. The van der Waals surface area contributed by atoms with Crippen LogP contribution in [0.2, 0.25) is 0 Å². The standard InChI is InChI=1S/C13H10BrNO4S/c14-12-7-6-10(8-11(12)13(16)17)20(18,19)15-9-4-2-1-3-5-9/h1-8,15H,(H,16,17). The molecule has 2 aromatic carbocycles. The van der Waals surface area contributed by atoms with E-state index in [0.29, 0.717) is 10.2 Å². The molecular formula is C13H10BrNO4S. The lowest BCUT2D eigenvalue weighted by atomic mass is 10.2. The number of carbonyl (C=O) groups is 1. The second-order valence-electron chi connectivity index (χ2n) is 3.92. The number of halogens is 1. The van der Waals surface area contributed by atoms with E-state index in [1.54, 1.807) is 30.3 Å². The molecule has 0 aliphatic carbocycles. The molecule has 20 heavy (non-hydrogen) atoms. The summed E-state index contributed by atoms with van der Waals surface area (Å²) < 4.78 is 27.0. The Morgan fingerprint density at radius 3 is 2.35 bits per heavy atom. The first-order chi connectivity index (χ1) is 9.40. The van der Waals surface area contributed by atoms with Crippen molar-refractivity contribution in [3.63, 3.8) is 0 Å². The van der Waals surface area contributed by atoms with Gasteiger partial charge < -0.3 is 5.11 Å². The highest BCUT2D eigenvalue weighted by molar-refractivity contribution is 9.10. The van der Waals surface area contributed by atoms with Crippen molar-refractivity contribution in [3.8, 4) is 0 Å². The minimum atomic E-state index is -3.82. The Labute approximate surface area is 124 Å². The molecule has 0 radical (unpaired) electrons. The molecule has 0 atom stereocenters. The van der Waals surface area contributed by atoms with Gasteiger partial charge >= 0.3 is 5.97 Å². The van der Waals surface area contributed by atoms with Crippen molar-refractivity contribution in [1.29, 1.82) is 0 Å². The van der Waals surface area contributed by atoms with E-state index < -0.39 is 16.0 Å². The second kappa shape index (κ2) is 5.64. The average Bonchev–Trinajstić information content (AvgIpc) is 2.39. The summed E-state index contributed by atoms with van der Waals surface area (Å²) in [6.45, 7) is 0. The minimum Gasteiger partial charge on any atom is -0.478 e. The zero-order chi connectivity index (χ0) is 14.8. The Morgan fingerprint density at radius 1 is 1.10 bits per heavy atom. The van der Waals surface area contributed by atoms with E-state index in [2.05, 4.69) is 20.7 Å². The lowest BCUT2D eigenvalue weighted by Crippen LogP contribution is -2.13. The molecule has 0 aliphatic heterocycles. The Bertz CT molecular complexity index is 744. The third-order valence-electron chi connectivity index (χ3n) is 2.50. The Balaban J connectivity index is 2.40. The van der Waals surface area contributed by atoms with Crippen molar-refractivity contribution in [2.75, 3.05) is 4.72 Å². The largest absolute Gasteiger partial charge is 0.478 e. The van der Waals surface area contributed by atoms with Crippen LogP contribution in [-0.2, 0) is 10.0 Å². The summed E-state index contributed by atoms with van der Waals surface area (Å²) in [7, 11) is -3.82. The van der Waals surface area contributed by atoms with Gasteiger partial charge in [-0.2, -0.15) is 0 Å². The van der Waals surface area contributed by atoms with Crippen molar-refractivity contribution in [3.05, 3.63) is 58.6 Å². The topological polar surface area (TPSA) is 83.5 Å². The average molecular weight is 356 g/mol. The maximum atomic E-state index is 12.2. The van der Waals surface area contributed by atoms with Crippen LogP contribution in [0.4, 0.5) is 5.69 Å². The quantitative estimate of drug-likeness (QED) is 0.882. The molecular weight excluding hydrogens is 346 g/mol. The minimum absolute atomic E-state index is 0.109. The van der Waals surface area contributed by atoms with Crippen LogP contribution < -0.4 is 4.72 Å². The highest BCUT2D eigenvalue weighted by Crippen LogP contribution is 2.22. The molecule has 2 N–H and O–H groups in total. The second-order valence-corrected chi connectivity index (χ2v) is 6.46. The fourth-order valence-corrected chi connectivity index (χ4v) is 3.06. The van der Waals surface area contributed by atoms with Gasteiger partial charge in [-0.3, -0.25) is 4.72 Å². The molecule has 0 unspecified atom stereocenters. The van der Waals surface area contributed by atoms with Crippen LogP contribution in [0.25, 0.3) is 0 Å². The van der Waals surface area contributed by atoms with Crippen molar-refractivity contribution in [1.82, 2.24) is 0 Å². The molecule has 0 amide bonds. The van der Waals surface area contributed by atoms with Crippen LogP contribution in [0.1, 0.15) is 10.4 Å². The zero-order valence-electron chi connectivity index (χ0n) is 10.1. The van der Waals surface area contributed by atoms with Gasteiger partial charge in [0.2, 0.25) is 0 Å². The molecule has 0 aliphatic rings. The van der Waals surface area contributed by atoms with Crippen molar-refractivity contribution < 1.29 is 18.3 Å². The van der Waals surface area contributed by atoms with E-state index in [1.807, 2.05) is 0 Å². The predicted octanol–water partition coefficient (Wildman–Crippen LogP) is 2.95. The van der Waals surface area contributed by atoms with E-state index in [0.717, 1.165) is 6.07 Å². The summed E-state index contributed by atoms with van der Waals surface area (Å²) in [6.07, 6.45) is 0. The third kappa shape index (κ3) is 3.17. The number of hydrogen-bond acceptors (Lipinski definition) is 3. The van der Waals surface area contributed by atoms with Crippen molar-refractivity contribution in [2.45, 2.75) is 4.90 Å². The van der Waals surface area contributed by atoms with Gasteiger partial charge in [0, 0.05) is 10.2 Å². The third-order valence-corrected chi connectivity index (χ3v) is 4.58. The van der Waals surface area contributed by atoms with Gasteiger partial charge in [-0.15, -0.1) is 0 Å². The summed E-state index contributed by atoms with van der Waals surface area (Å²) in [4.78, 5) is 10.9. The molecule has 2 rings (SSSR count). The number of aromatic carboxylic acids is 1. The first-order valence-corrected chi connectivity index (χ1v) is 7.78. The lowest BCUT2D eigenvalue weighted by molar-refractivity contribution is 0.0695. The molecule has 0 spiro atoms. The molecule has 5 nitrogen and oxygen atoms in total. The zero-order valence-corrected chi connectivity index (χ0v) is 12.5. The van der Waals surface area contributed by atoms with Gasteiger partial charge in [-0.25, -0.2) is 13.2 Å². The summed E-state index contributed by atoms with van der Waals surface area (Å²) >= 11 is 3.07. The number of carboxylic acids is 1. The van der Waals surface area contributed by atoms with Gasteiger partial charge in [-0.05, 0) is 46.3 Å². The number of hydrogen-bond donors (Lipinski definition) is 2. The fraction of sp³-hybridized carbons (Fsp3) is 0. The first-order valence-electron chi connectivity index (χ1n) is 5.51. The number of rotatable bonds is 4. The number of para-hydroxylation sites is 1. The number of nitrogens with one attached hydrogen (secondary N) is 1. The van der Waals surface area contributed by atoms with Gasteiger partial charge in [-0.1, -0.05) is 18.2 Å². The van der Waals surface area contributed by atoms with Gasteiger partial charge in [0.1, 0.15) is 0 Å². The van der Waals surface area contributed by atoms with Gasteiger partial charge in [0.15, 0.2) is 0 Å². The van der Waals surface area contributed by atoms with Crippen LogP contribution in [0.5, 0.6) is 0 Å². The predicted molar refractivity (Wildman–Crippen MR) is 78.4 cm³/mol. The molecule has 0 aromatic heterocycles. The number of benzene rings is 2. The number of carboxylic acid groups (broad SMARTS) is 1. The maximum Gasteiger partial charge on any atom is 0.336 e. The maximum absolute atomic E-state index is 12.2.